The first kappa shape index (κ1) is 11.2. The number of rotatable bonds is 3. The Morgan fingerprint density at radius 2 is 1.87 bits per heavy atom. The SMILES string of the molecule is CC(=O)Nc1ccc(CC(=O)NO)cc1. The molecular weight excluding hydrogens is 196 g/mol. The third-order valence-corrected chi connectivity index (χ3v) is 1.76. The summed E-state index contributed by atoms with van der Waals surface area (Å²) in [6.45, 7) is 1.42. The fourth-order valence-corrected chi connectivity index (χ4v) is 1.13. The van der Waals surface area contributed by atoms with Gasteiger partial charge in [0.1, 0.15) is 0 Å². The summed E-state index contributed by atoms with van der Waals surface area (Å²) in [5, 5.41) is 10.9. The lowest BCUT2D eigenvalue weighted by atomic mass is 10.1. The van der Waals surface area contributed by atoms with E-state index in [1.165, 1.54) is 6.92 Å². The van der Waals surface area contributed by atoms with Gasteiger partial charge in [-0.2, -0.15) is 0 Å². The zero-order valence-electron chi connectivity index (χ0n) is 8.28. The molecule has 1 rings (SSSR count). The van der Waals surface area contributed by atoms with Crippen LogP contribution in [0.2, 0.25) is 0 Å². The second-order valence-electron chi connectivity index (χ2n) is 3.09. The van der Waals surface area contributed by atoms with E-state index >= 15 is 0 Å². The lowest BCUT2D eigenvalue weighted by molar-refractivity contribution is -0.128. The van der Waals surface area contributed by atoms with E-state index < -0.39 is 5.91 Å². The second kappa shape index (κ2) is 5.11. The zero-order chi connectivity index (χ0) is 11.3. The number of benzene rings is 1. The summed E-state index contributed by atoms with van der Waals surface area (Å²) in [7, 11) is 0. The van der Waals surface area contributed by atoms with Crippen LogP contribution in [0.3, 0.4) is 0 Å². The molecule has 0 saturated carbocycles. The van der Waals surface area contributed by atoms with Gasteiger partial charge in [0.2, 0.25) is 11.8 Å². The molecule has 0 atom stereocenters. The average Bonchev–Trinajstić information content (AvgIpc) is 2.20. The van der Waals surface area contributed by atoms with E-state index in [0.717, 1.165) is 5.56 Å². The predicted octanol–water partition coefficient (Wildman–Crippen LogP) is 0.693. The number of nitrogens with one attached hydrogen (secondary N) is 2. The van der Waals surface area contributed by atoms with E-state index in [1.807, 2.05) is 0 Å². The molecule has 1 aromatic rings. The number of carbonyl (C=O) groups excluding carboxylic acids is 2. The summed E-state index contributed by atoms with van der Waals surface area (Å²) in [5.74, 6) is -0.613. The largest absolute Gasteiger partial charge is 0.326 e. The molecule has 0 heterocycles. The normalized spacial score (nSPS) is 9.47. The van der Waals surface area contributed by atoms with Crippen molar-refractivity contribution in [3.63, 3.8) is 0 Å². The molecule has 0 aliphatic rings. The van der Waals surface area contributed by atoms with E-state index in [2.05, 4.69) is 5.32 Å². The Morgan fingerprint density at radius 3 is 2.33 bits per heavy atom. The van der Waals surface area contributed by atoms with Crippen LogP contribution < -0.4 is 10.8 Å². The van der Waals surface area contributed by atoms with E-state index in [0.29, 0.717) is 5.69 Å². The van der Waals surface area contributed by atoms with E-state index in [9.17, 15) is 9.59 Å². The molecular formula is C10H12N2O3. The van der Waals surface area contributed by atoms with E-state index in [1.54, 1.807) is 29.7 Å². The first-order valence-electron chi connectivity index (χ1n) is 4.41. The van der Waals surface area contributed by atoms with Gasteiger partial charge in [0.15, 0.2) is 0 Å². The highest BCUT2D eigenvalue weighted by Gasteiger charge is 2.01. The molecule has 80 valence electrons. The van der Waals surface area contributed by atoms with Crippen molar-refractivity contribution in [2.24, 2.45) is 0 Å². The van der Waals surface area contributed by atoms with Crippen molar-refractivity contribution in [2.75, 3.05) is 5.32 Å². The zero-order valence-corrected chi connectivity index (χ0v) is 8.28. The number of amides is 2. The van der Waals surface area contributed by atoms with Crippen molar-refractivity contribution in [1.82, 2.24) is 5.48 Å². The van der Waals surface area contributed by atoms with Crippen LogP contribution in [-0.2, 0) is 16.0 Å². The van der Waals surface area contributed by atoms with Gasteiger partial charge >= 0.3 is 0 Å². The van der Waals surface area contributed by atoms with Crippen molar-refractivity contribution < 1.29 is 14.8 Å². The van der Waals surface area contributed by atoms with Crippen molar-refractivity contribution in [3.8, 4) is 0 Å². The summed E-state index contributed by atoms with van der Waals surface area (Å²) < 4.78 is 0. The van der Waals surface area contributed by atoms with Gasteiger partial charge in [0.25, 0.3) is 0 Å². The van der Waals surface area contributed by atoms with Crippen molar-refractivity contribution in [2.45, 2.75) is 13.3 Å². The second-order valence-corrected chi connectivity index (χ2v) is 3.09. The molecule has 0 unspecified atom stereocenters. The van der Waals surface area contributed by atoms with Gasteiger partial charge in [0.05, 0.1) is 6.42 Å². The molecule has 0 radical (unpaired) electrons. The van der Waals surface area contributed by atoms with Crippen LogP contribution >= 0.6 is 0 Å². The first-order valence-corrected chi connectivity index (χ1v) is 4.41. The topological polar surface area (TPSA) is 78.4 Å². The Balaban J connectivity index is 2.64. The molecule has 5 heteroatoms. The molecule has 0 aliphatic heterocycles. The molecule has 2 amide bonds. The van der Waals surface area contributed by atoms with Crippen molar-refractivity contribution in [1.29, 1.82) is 0 Å². The standard InChI is InChI=1S/C10H12N2O3/c1-7(13)11-9-4-2-8(3-5-9)6-10(14)12-15/h2-5,15H,6H2,1H3,(H,11,13)(H,12,14). The number of hydroxylamine groups is 1. The maximum atomic E-state index is 10.8. The molecule has 0 saturated heterocycles. The average molecular weight is 208 g/mol. The third-order valence-electron chi connectivity index (χ3n) is 1.76. The summed E-state index contributed by atoms with van der Waals surface area (Å²) in [6.07, 6.45) is 0.108. The number of anilines is 1. The smallest absolute Gasteiger partial charge is 0.247 e. The number of carbonyl (C=O) groups is 2. The Labute approximate surface area is 87.1 Å². The molecule has 5 nitrogen and oxygen atoms in total. The van der Waals surface area contributed by atoms with Gasteiger partial charge < -0.3 is 5.32 Å². The van der Waals surface area contributed by atoms with Gasteiger partial charge in [-0.1, -0.05) is 12.1 Å². The fourth-order valence-electron chi connectivity index (χ4n) is 1.13. The highest BCUT2D eigenvalue weighted by molar-refractivity contribution is 5.88. The minimum atomic E-state index is -0.470. The molecule has 15 heavy (non-hydrogen) atoms. The van der Waals surface area contributed by atoms with E-state index in [4.69, 9.17) is 5.21 Å². The Hall–Kier alpha value is -1.88. The quantitative estimate of drug-likeness (QED) is 0.505. The third kappa shape index (κ3) is 3.78. The molecule has 0 fully saturated rings. The van der Waals surface area contributed by atoms with Crippen LogP contribution in [0, 0.1) is 0 Å². The molecule has 1 aromatic carbocycles. The van der Waals surface area contributed by atoms with E-state index in [-0.39, 0.29) is 12.3 Å². The summed E-state index contributed by atoms with van der Waals surface area (Å²) in [5.41, 5.74) is 2.99. The fraction of sp³-hybridized carbons (Fsp3) is 0.200. The monoisotopic (exact) mass is 208 g/mol. The van der Waals surface area contributed by atoms with Gasteiger partial charge in [-0.25, -0.2) is 5.48 Å². The lowest BCUT2D eigenvalue weighted by Crippen LogP contribution is -2.20. The summed E-state index contributed by atoms with van der Waals surface area (Å²) in [6, 6.07) is 6.81. The Morgan fingerprint density at radius 1 is 1.27 bits per heavy atom. The van der Waals surface area contributed by atoms with Gasteiger partial charge in [-0.3, -0.25) is 14.8 Å². The molecule has 0 bridgehead atoms. The maximum Gasteiger partial charge on any atom is 0.247 e. The summed E-state index contributed by atoms with van der Waals surface area (Å²) in [4.78, 5) is 21.5. The predicted molar refractivity (Wildman–Crippen MR) is 54.4 cm³/mol. The molecule has 0 spiro atoms. The van der Waals surface area contributed by atoms with Crippen LogP contribution in [0.5, 0.6) is 0 Å². The lowest BCUT2D eigenvalue weighted by Gasteiger charge is -2.03. The Bertz CT molecular complexity index is 359. The number of hydrogen-bond donors (Lipinski definition) is 3. The first-order chi connectivity index (χ1) is 7.11. The highest BCUT2D eigenvalue weighted by Crippen LogP contribution is 2.09. The van der Waals surface area contributed by atoms with Crippen LogP contribution in [0.1, 0.15) is 12.5 Å². The van der Waals surface area contributed by atoms with Crippen LogP contribution in [0.15, 0.2) is 24.3 Å². The van der Waals surface area contributed by atoms with Crippen LogP contribution in [0.4, 0.5) is 5.69 Å². The highest BCUT2D eigenvalue weighted by atomic mass is 16.5. The molecule has 0 aliphatic carbocycles. The van der Waals surface area contributed by atoms with Gasteiger partial charge in [0, 0.05) is 12.6 Å². The summed E-state index contributed by atoms with van der Waals surface area (Å²) >= 11 is 0. The Kier molecular flexibility index (Phi) is 3.82. The van der Waals surface area contributed by atoms with Crippen LogP contribution in [-0.4, -0.2) is 17.0 Å². The van der Waals surface area contributed by atoms with Gasteiger partial charge in [-0.05, 0) is 17.7 Å². The van der Waals surface area contributed by atoms with Crippen molar-refractivity contribution in [3.05, 3.63) is 29.8 Å². The van der Waals surface area contributed by atoms with Gasteiger partial charge in [-0.15, -0.1) is 0 Å². The molecule has 3 N–H and O–H groups in total. The minimum absolute atomic E-state index is 0.108. The van der Waals surface area contributed by atoms with Crippen molar-refractivity contribution >= 4 is 17.5 Å². The number of hydrogen-bond acceptors (Lipinski definition) is 3. The molecule has 0 aromatic heterocycles. The van der Waals surface area contributed by atoms with Crippen LogP contribution in [0.25, 0.3) is 0 Å². The minimum Gasteiger partial charge on any atom is -0.326 e. The maximum absolute atomic E-state index is 10.8.